The third kappa shape index (κ3) is 68.0. The van der Waals surface area contributed by atoms with Crippen molar-refractivity contribution in [3.05, 3.63) is 0 Å². The highest BCUT2D eigenvalue weighted by molar-refractivity contribution is 5.00. The van der Waals surface area contributed by atoms with Gasteiger partial charge >= 0.3 is 12.4 Å². The monoisotopic (exact) mass is 1630 g/mol. The van der Waals surface area contributed by atoms with Crippen LogP contribution in [0.2, 0.25) is 0 Å². The van der Waals surface area contributed by atoms with Crippen molar-refractivity contribution in [2.75, 3.05) is 13.2 Å². The highest BCUT2D eigenvalue weighted by Crippen LogP contribution is 2.57. The van der Waals surface area contributed by atoms with E-state index in [-0.39, 0.29) is 18.8 Å². The molecule has 1 nitrogen and oxygen atoms in total. The molecule has 0 spiro atoms. The fourth-order valence-corrected chi connectivity index (χ4v) is 18.9. The quantitative estimate of drug-likeness (QED) is 0.0927. The molecule has 0 aromatic carbocycles. The van der Waals surface area contributed by atoms with Crippen LogP contribution >= 0.6 is 0 Å². The molecule has 1 aliphatic heterocycles. The molecule has 10 aliphatic carbocycles. The Labute approximate surface area is 712 Å². The number of ether oxygens (including phenoxy) is 1. The lowest BCUT2D eigenvalue weighted by Crippen LogP contribution is -2.16. The second-order valence-corrected chi connectivity index (χ2v) is 47.7. The van der Waals surface area contributed by atoms with Crippen molar-refractivity contribution in [2.24, 2.45) is 170 Å². The maximum Gasteiger partial charge on any atom is 0.389 e. The zero-order valence-electron chi connectivity index (χ0n) is 83.6. The summed E-state index contributed by atoms with van der Waals surface area (Å²) < 4.78 is 86.9. The Kier molecular flexibility index (Phi) is 60.1. The SMILES string of the molecule is CC(C)(C)CC1CCOC1.CC(C)C1CC2CCC1C2.CC(C)C1CCC1.CC(C)C1CCCCC1.CC(C)C1C[C@@H]2C[C@@H]2C1.CC(C)CC(C)C.CC(C)CC1(C)CC1.CC(C)CC1CC1(C)C.CC(C)CC1CC1(C)F.CC(C)CC1CCCC1.CC(C)CCC(C)C.CC(C)CCC(F)(F)F.CC(C)CCCC(F)(F)F. The molecule has 688 valence electrons. The molecule has 11 aliphatic rings. The molecule has 1 saturated heterocycles. The largest absolute Gasteiger partial charge is 0.389 e. The minimum Gasteiger partial charge on any atom is -0.381 e. The van der Waals surface area contributed by atoms with Crippen LogP contribution in [-0.2, 0) is 4.74 Å². The molecular formula is C106H209F7O. The minimum absolute atomic E-state index is 0.145. The van der Waals surface area contributed by atoms with Crippen LogP contribution in [0, 0.1) is 170 Å². The van der Waals surface area contributed by atoms with Crippen molar-refractivity contribution in [2.45, 2.75) is 498 Å². The van der Waals surface area contributed by atoms with Crippen molar-refractivity contribution in [3.8, 4) is 0 Å². The van der Waals surface area contributed by atoms with Gasteiger partial charge in [0.15, 0.2) is 0 Å². The number of fused-ring (bicyclic) bond motifs is 3. The molecule has 8 heteroatoms. The number of halogens is 7. The second kappa shape index (κ2) is 59.3. The van der Waals surface area contributed by atoms with Gasteiger partial charge in [-0.2, -0.15) is 26.3 Å². The van der Waals surface area contributed by atoms with Crippen LogP contribution in [0.3, 0.4) is 0 Å². The molecule has 11 rings (SSSR count). The summed E-state index contributed by atoms with van der Waals surface area (Å²) in [6.45, 7) is 80.4. The third-order valence-corrected chi connectivity index (χ3v) is 26.8. The summed E-state index contributed by atoms with van der Waals surface area (Å²) in [7, 11) is 0. The molecule has 10 saturated carbocycles. The molecular weight excluding hydrogens is 1420 g/mol. The molecule has 8 unspecified atom stereocenters. The van der Waals surface area contributed by atoms with Gasteiger partial charge in [0.2, 0.25) is 0 Å². The summed E-state index contributed by atoms with van der Waals surface area (Å²) >= 11 is 0. The standard InChI is InChI=1S/C10H18.C9H18O.C9H16.3C9H18.C8H15F.C8H16.C8H18.C7H13F3.C7H14.C7H16.C6H11F3/c1-7(2)10-6-8-3-4-9(10)5-8;1-9(2,3)6-8-4-5-10-7-8;1-6(2)7-3-8-5-9(8)4-7;1-7(2)5-8-6-9(8,3)4;1-8(2)7-9-5-3-4-6-9;1-8(2)9-6-4-3-5-7-9;1-6(2)4-7-5-8(7,3)9;1-7(2)6-8(3)4-5-8;1-7(2)5-6-8(3)4;1-6(2)4-3-5-7(8,9)10;1-6(2)7-4-3-5-7;1-6(2)5-7(3)4;1-5(2)3-4-6(7,8)9/h7-10H,3-6H2,1-2H3;8H,4-7H2,1-3H3;6-9H,3-5H2,1-2H3;7-8H,5-6H2,1-4H3;2*8-9H,3-7H2,1-2H3;6-7H,4-5H2,1-3H3;7H,4-6H2,1-3H3;7-8H,5-6H2,1-4H3;6H,3-5H2,1-2H3;6-7H,3-5H2,1-2H3;6-7H,5H2,1-4H3;5H,3-4H2,1-2H3/t;;7?,8-,9+;;;;;;;;;;. The predicted octanol–water partition coefficient (Wildman–Crippen LogP) is 37.9. The molecule has 114 heavy (non-hydrogen) atoms. The zero-order chi connectivity index (χ0) is 88.3. The lowest BCUT2D eigenvalue weighted by molar-refractivity contribution is -0.137. The Balaban J connectivity index is 0. The van der Waals surface area contributed by atoms with Crippen LogP contribution in [0.4, 0.5) is 30.7 Å². The molecule has 0 N–H and O–H groups in total. The van der Waals surface area contributed by atoms with Crippen LogP contribution in [0.1, 0.15) is 480 Å². The van der Waals surface area contributed by atoms with Crippen molar-refractivity contribution < 1.29 is 35.5 Å². The first-order valence-corrected chi connectivity index (χ1v) is 49.7. The first-order chi connectivity index (χ1) is 52.3. The Morgan fingerprint density at radius 2 is 0.789 bits per heavy atom. The third-order valence-electron chi connectivity index (χ3n) is 26.8. The van der Waals surface area contributed by atoms with Gasteiger partial charge in [0, 0.05) is 26.1 Å². The summed E-state index contributed by atoms with van der Waals surface area (Å²) in [5.41, 5.74) is 1.15. The summed E-state index contributed by atoms with van der Waals surface area (Å²) in [5.74, 6) is 23.5. The van der Waals surface area contributed by atoms with E-state index < -0.39 is 30.9 Å². The fourth-order valence-electron chi connectivity index (χ4n) is 18.9. The van der Waals surface area contributed by atoms with E-state index >= 15 is 0 Å². The lowest BCUT2D eigenvalue weighted by Gasteiger charge is -2.28. The van der Waals surface area contributed by atoms with E-state index in [1.807, 2.05) is 13.8 Å². The molecule has 0 aromatic heterocycles. The topological polar surface area (TPSA) is 9.23 Å². The molecule has 11 fully saturated rings. The second-order valence-electron chi connectivity index (χ2n) is 47.7. The van der Waals surface area contributed by atoms with Crippen LogP contribution in [-0.4, -0.2) is 31.2 Å². The molecule has 0 amide bonds. The van der Waals surface area contributed by atoms with E-state index in [1.54, 1.807) is 65.7 Å². The van der Waals surface area contributed by atoms with Crippen molar-refractivity contribution >= 4 is 0 Å². The van der Waals surface area contributed by atoms with Gasteiger partial charge in [0.1, 0.15) is 5.67 Å². The molecule has 0 radical (unpaired) electrons. The van der Waals surface area contributed by atoms with Crippen LogP contribution in [0.25, 0.3) is 0 Å². The average molecular weight is 1630 g/mol. The summed E-state index contributed by atoms with van der Waals surface area (Å²) in [4.78, 5) is 0. The summed E-state index contributed by atoms with van der Waals surface area (Å²) in [5, 5.41) is 0. The number of alkyl halides is 7. The first kappa shape index (κ1) is 116. The highest BCUT2D eigenvalue weighted by atomic mass is 19.4. The van der Waals surface area contributed by atoms with Gasteiger partial charge in [-0.25, -0.2) is 4.39 Å². The fraction of sp³-hybridized carbons (Fsp3) is 1.00. The molecule has 1 heterocycles. The number of rotatable bonds is 23. The van der Waals surface area contributed by atoms with Crippen molar-refractivity contribution in [1.82, 2.24) is 0 Å². The Morgan fingerprint density at radius 1 is 0.368 bits per heavy atom. The van der Waals surface area contributed by atoms with Crippen LogP contribution in [0.5, 0.6) is 0 Å². The van der Waals surface area contributed by atoms with Crippen molar-refractivity contribution in [3.63, 3.8) is 0 Å². The summed E-state index contributed by atoms with van der Waals surface area (Å²) in [6, 6.07) is 0. The Bertz CT molecular complexity index is 2110. The van der Waals surface area contributed by atoms with E-state index in [0.717, 1.165) is 150 Å². The van der Waals surface area contributed by atoms with E-state index in [4.69, 9.17) is 4.74 Å². The van der Waals surface area contributed by atoms with Gasteiger partial charge in [-0.3, -0.25) is 0 Å². The lowest BCUT2D eigenvalue weighted by atomic mass is 9.78. The maximum absolute atomic E-state index is 12.8. The molecule has 10 atom stereocenters. The first-order valence-electron chi connectivity index (χ1n) is 49.7. The Morgan fingerprint density at radius 3 is 1.01 bits per heavy atom. The average Bonchev–Trinajstić information content (AvgIpc) is 1.61. The predicted molar refractivity (Wildman–Crippen MR) is 494 cm³/mol. The highest BCUT2D eigenvalue weighted by Gasteiger charge is 2.51. The van der Waals surface area contributed by atoms with Gasteiger partial charge in [-0.05, 0) is 299 Å². The van der Waals surface area contributed by atoms with Gasteiger partial charge in [-0.15, -0.1) is 0 Å². The van der Waals surface area contributed by atoms with E-state index in [2.05, 4.69) is 208 Å². The molecule has 0 aromatic rings. The Hall–Kier alpha value is -0.530. The van der Waals surface area contributed by atoms with Gasteiger partial charge in [0.25, 0.3) is 0 Å². The van der Waals surface area contributed by atoms with E-state index in [9.17, 15) is 30.7 Å². The maximum atomic E-state index is 12.8. The van der Waals surface area contributed by atoms with Gasteiger partial charge in [0.05, 0.1) is 0 Å². The smallest absolute Gasteiger partial charge is 0.381 e. The van der Waals surface area contributed by atoms with Crippen LogP contribution in [0.15, 0.2) is 0 Å². The normalized spacial score (nSPS) is 26.1. The van der Waals surface area contributed by atoms with Crippen molar-refractivity contribution in [1.29, 1.82) is 0 Å². The number of hydrogen-bond acceptors (Lipinski definition) is 1. The van der Waals surface area contributed by atoms with E-state index in [1.165, 1.54) is 160 Å². The zero-order valence-corrected chi connectivity index (χ0v) is 83.6. The molecule has 2 bridgehead atoms. The van der Waals surface area contributed by atoms with Gasteiger partial charge in [-0.1, -0.05) is 338 Å². The van der Waals surface area contributed by atoms with Crippen LogP contribution < -0.4 is 0 Å². The minimum atomic E-state index is -3.97. The van der Waals surface area contributed by atoms with Gasteiger partial charge < -0.3 is 4.74 Å². The number of hydrogen-bond donors (Lipinski definition) is 0. The van der Waals surface area contributed by atoms with E-state index in [0.29, 0.717) is 35.0 Å². The summed E-state index contributed by atoms with van der Waals surface area (Å²) in [6.07, 6.45) is 38.2.